The van der Waals surface area contributed by atoms with Crippen LogP contribution in [0, 0.1) is 0 Å². The van der Waals surface area contributed by atoms with Gasteiger partial charge in [0.05, 0.1) is 0 Å². The minimum atomic E-state index is -0.935. The van der Waals surface area contributed by atoms with Crippen molar-refractivity contribution in [1.82, 2.24) is 0 Å². The Bertz CT molecular complexity index is 425. The molecule has 28 heavy (non-hydrogen) atoms. The maximum atomic E-state index is 11.6. The maximum absolute atomic E-state index is 11.6. The molecule has 0 amide bonds. The molecule has 0 aliphatic heterocycles. The van der Waals surface area contributed by atoms with Gasteiger partial charge in [-0.05, 0) is 19.3 Å². The third-order valence-electron chi connectivity index (χ3n) is 4.91. The fourth-order valence-corrected chi connectivity index (χ4v) is 3.12. The van der Waals surface area contributed by atoms with E-state index < -0.39 is 23.9 Å². The highest BCUT2D eigenvalue weighted by molar-refractivity contribution is 5.88. The number of carboxylic acids is 1. The third-order valence-corrected chi connectivity index (χ3v) is 4.91. The number of nitrogens with two attached hydrogens (primary N) is 1. The number of carbonyl (C=O) groups is 3. The van der Waals surface area contributed by atoms with Crippen molar-refractivity contribution in [1.29, 1.82) is 0 Å². The Morgan fingerprint density at radius 1 is 0.750 bits per heavy atom. The molecule has 1 unspecified atom stereocenters. The molecule has 1 atom stereocenters. The number of esters is 2. The standard InChI is InChI=1S/C22H41NO5/c1-2-3-4-5-6-7-8-9-10-11-12-13-14-18-21(26)28-22(27)19(23)16-15-17-20(24)25/h19H,2-18,23H2,1H3,(H,24,25). The highest BCUT2D eigenvalue weighted by Crippen LogP contribution is 2.13. The van der Waals surface area contributed by atoms with Gasteiger partial charge in [-0.15, -0.1) is 0 Å². The first-order valence-corrected chi connectivity index (χ1v) is 11.2. The van der Waals surface area contributed by atoms with Crippen molar-refractivity contribution in [3.05, 3.63) is 0 Å². The minimum Gasteiger partial charge on any atom is -0.481 e. The molecule has 0 aliphatic carbocycles. The SMILES string of the molecule is CCCCCCCCCCCCCCCC(=O)OC(=O)C(N)CCCC(=O)O. The molecule has 0 radical (unpaired) electrons. The average molecular weight is 400 g/mol. The van der Waals surface area contributed by atoms with E-state index in [1.165, 1.54) is 64.2 Å². The van der Waals surface area contributed by atoms with Gasteiger partial charge in [0, 0.05) is 12.8 Å². The molecule has 0 bridgehead atoms. The fourth-order valence-electron chi connectivity index (χ4n) is 3.12. The van der Waals surface area contributed by atoms with Crippen LogP contribution in [0.15, 0.2) is 0 Å². The van der Waals surface area contributed by atoms with Gasteiger partial charge in [-0.2, -0.15) is 0 Å². The van der Waals surface area contributed by atoms with E-state index in [-0.39, 0.29) is 19.3 Å². The first-order valence-electron chi connectivity index (χ1n) is 11.2. The third kappa shape index (κ3) is 18.0. The molecule has 0 saturated carbocycles. The lowest BCUT2D eigenvalue weighted by molar-refractivity contribution is -0.161. The topological polar surface area (TPSA) is 107 Å². The summed E-state index contributed by atoms with van der Waals surface area (Å²) in [6.07, 6.45) is 16.7. The second-order valence-electron chi connectivity index (χ2n) is 7.68. The summed E-state index contributed by atoms with van der Waals surface area (Å²) in [5.41, 5.74) is 5.61. The van der Waals surface area contributed by atoms with Crippen LogP contribution < -0.4 is 5.73 Å². The van der Waals surface area contributed by atoms with Crippen LogP contribution in [0.4, 0.5) is 0 Å². The van der Waals surface area contributed by atoms with Gasteiger partial charge in [-0.3, -0.25) is 9.59 Å². The first kappa shape index (κ1) is 26.6. The molecule has 3 N–H and O–H groups in total. The van der Waals surface area contributed by atoms with Gasteiger partial charge < -0.3 is 15.6 Å². The van der Waals surface area contributed by atoms with Crippen molar-refractivity contribution in [2.24, 2.45) is 5.73 Å². The molecule has 0 fully saturated rings. The van der Waals surface area contributed by atoms with Gasteiger partial charge in [0.1, 0.15) is 6.04 Å². The van der Waals surface area contributed by atoms with Crippen LogP contribution in [0.1, 0.15) is 116 Å². The van der Waals surface area contributed by atoms with Gasteiger partial charge >= 0.3 is 17.9 Å². The van der Waals surface area contributed by atoms with E-state index in [0.29, 0.717) is 6.42 Å². The summed E-state index contributed by atoms with van der Waals surface area (Å²) in [6.45, 7) is 2.24. The predicted molar refractivity (Wildman–Crippen MR) is 111 cm³/mol. The van der Waals surface area contributed by atoms with Gasteiger partial charge in [0.15, 0.2) is 0 Å². The first-order chi connectivity index (χ1) is 13.5. The zero-order valence-corrected chi connectivity index (χ0v) is 17.8. The molecule has 0 aromatic rings. The van der Waals surface area contributed by atoms with Crippen molar-refractivity contribution in [2.75, 3.05) is 0 Å². The molecule has 0 aromatic carbocycles. The van der Waals surface area contributed by atoms with E-state index in [4.69, 9.17) is 15.6 Å². The van der Waals surface area contributed by atoms with E-state index >= 15 is 0 Å². The van der Waals surface area contributed by atoms with E-state index in [1.54, 1.807) is 0 Å². The Balaban J connectivity index is 3.45. The molecule has 6 nitrogen and oxygen atoms in total. The Morgan fingerprint density at radius 3 is 1.68 bits per heavy atom. The van der Waals surface area contributed by atoms with Crippen LogP contribution in [0.25, 0.3) is 0 Å². The average Bonchev–Trinajstić information content (AvgIpc) is 2.65. The number of hydrogen-bond acceptors (Lipinski definition) is 5. The van der Waals surface area contributed by atoms with Crippen molar-refractivity contribution in [3.8, 4) is 0 Å². The smallest absolute Gasteiger partial charge is 0.330 e. The number of aliphatic carboxylic acids is 1. The van der Waals surface area contributed by atoms with Gasteiger partial charge in [0.2, 0.25) is 0 Å². The number of hydrogen-bond donors (Lipinski definition) is 2. The summed E-state index contributed by atoms with van der Waals surface area (Å²) in [5, 5.41) is 8.55. The van der Waals surface area contributed by atoms with Crippen LogP contribution in [0.2, 0.25) is 0 Å². The Hall–Kier alpha value is -1.43. The van der Waals surface area contributed by atoms with Gasteiger partial charge in [-0.1, -0.05) is 84.0 Å². The Labute approximate surface area is 170 Å². The second-order valence-corrected chi connectivity index (χ2v) is 7.68. The van der Waals surface area contributed by atoms with Crippen molar-refractivity contribution in [3.63, 3.8) is 0 Å². The molecular formula is C22H41NO5. The lowest BCUT2D eigenvalue weighted by atomic mass is 10.0. The van der Waals surface area contributed by atoms with Gasteiger partial charge in [0.25, 0.3) is 0 Å². The number of carbonyl (C=O) groups excluding carboxylic acids is 2. The monoisotopic (exact) mass is 399 g/mol. The van der Waals surface area contributed by atoms with Crippen LogP contribution in [0.3, 0.4) is 0 Å². The molecule has 0 rings (SSSR count). The summed E-state index contributed by atoms with van der Waals surface area (Å²) < 4.78 is 4.73. The summed E-state index contributed by atoms with van der Waals surface area (Å²) in [7, 11) is 0. The number of unbranched alkanes of at least 4 members (excludes halogenated alkanes) is 12. The highest BCUT2D eigenvalue weighted by Gasteiger charge is 2.18. The van der Waals surface area contributed by atoms with Crippen LogP contribution in [-0.2, 0) is 19.1 Å². The van der Waals surface area contributed by atoms with E-state index in [1.807, 2.05) is 0 Å². The van der Waals surface area contributed by atoms with Crippen LogP contribution >= 0.6 is 0 Å². The molecule has 6 heteroatoms. The van der Waals surface area contributed by atoms with Crippen molar-refractivity contribution in [2.45, 2.75) is 122 Å². The van der Waals surface area contributed by atoms with E-state index in [9.17, 15) is 14.4 Å². The molecule has 0 saturated heterocycles. The number of carboxylic acid groups (broad SMARTS) is 1. The van der Waals surface area contributed by atoms with E-state index in [2.05, 4.69) is 6.92 Å². The summed E-state index contributed by atoms with van der Waals surface area (Å²) >= 11 is 0. The molecule has 0 aliphatic rings. The normalized spacial score (nSPS) is 11.9. The lowest BCUT2D eigenvalue weighted by Crippen LogP contribution is -2.33. The number of ether oxygens (including phenoxy) is 1. The minimum absolute atomic E-state index is 0.0477. The lowest BCUT2D eigenvalue weighted by Gasteiger charge is -2.09. The molecule has 164 valence electrons. The quantitative estimate of drug-likeness (QED) is 0.177. The molecule has 0 aromatic heterocycles. The largest absolute Gasteiger partial charge is 0.481 e. The van der Waals surface area contributed by atoms with Gasteiger partial charge in [-0.25, -0.2) is 4.79 Å². The predicted octanol–water partition coefficient (Wildman–Crippen LogP) is 5.12. The maximum Gasteiger partial charge on any atom is 0.330 e. The zero-order valence-electron chi connectivity index (χ0n) is 17.8. The number of rotatable bonds is 19. The Morgan fingerprint density at radius 2 is 1.21 bits per heavy atom. The van der Waals surface area contributed by atoms with Crippen molar-refractivity contribution >= 4 is 17.9 Å². The second kappa shape index (κ2) is 18.9. The van der Waals surface area contributed by atoms with Crippen molar-refractivity contribution < 1.29 is 24.2 Å². The molecular weight excluding hydrogens is 358 g/mol. The van der Waals surface area contributed by atoms with Crippen LogP contribution in [0.5, 0.6) is 0 Å². The fraction of sp³-hybridized carbons (Fsp3) is 0.864. The highest BCUT2D eigenvalue weighted by atomic mass is 16.6. The summed E-state index contributed by atoms with van der Waals surface area (Å²) in [6, 6.07) is -0.935. The molecule has 0 heterocycles. The Kier molecular flexibility index (Phi) is 17.9. The van der Waals surface area contributed by atoms with E-state index in [0.717, 1.165) is 19.3 Å². The summed E-state index contributed by atoms with van der Waals surface area (Å²) in [4.78, 5) is 33.7. The van der Waals surface area contributed by atoms with Crippen LogP contribution in [-0.4, -0.2) is 29.1 Å². The molecule has 0 spiro atoms. The zero-order chi connectivity index (χ0) is 21.0. The summed E-state index contributed by atoms with van der Waals surface area (Å²) in [5.74, 6) is -2.23.